The van der Waals surface area contributed by atoms with Gasteiger partial charge in [-0.1, -0.05) is 12.1 Å². The van der Waals surface area contributed by atoms with Crippen molar-refractivity contribution in [1.82, 2.24) is 5.32 Å². The Morgan fingerprint density at radius 1 is 1.25 bits per heavy atom. The van der Waals surface area contributed by atoms with Crippen LogP contribution in [-0.2, 0) is 11.3 Å². The minimum absolute atomic E-state index is 0.0406. The second kappa shape index (κ2) is 5.58. The first-order valence-corrected chi connectivity index (χ1v) is 6.29. The van der Waals surface area contributed by atoms with Gasteiger partial charge in [0, 0.05) is 24.2 Å². The lowest BCUT2D eigenvalue weighted by atomic mass is 9.74. The van der Waals surface area contributed by atoms with Crippen molar-refractivity contribution in [3.05, 3.63) is 39.9 Å². The fourth-order valence-corrected chi connectivity index (χ4v) is 1.55. The fraction of sp³-hybridized carbons (Fsp3) is 0.500. The molecule has 0 saturated heterocycles. The first-order chi connectivity index (χ1) is 9.08. The van der Waals surface area contributed by atoms with Gasteiger partial charge in [0.1, 0.15) is 0 Å². The molecule has 1 aromatic carbocycles. The summed E-state index contributed by atoms with van der Waals surface area (Å²) in [5.74, 6) is -0.876. The molecule has 2 N–H and O–H groups in total. The molecular weight excluding hydrogens is 260 g/mol. The number of nitro benzene ring substituents is 1. The number of non-ortho nitro benzene ring substituents is 1. The van der Waals surface area contributed by atoms with E-state index in [1.54, 1.807) is 26.0 Å². The fourth-order valence-electron chi connectivity index (χ4n) is 1.55. The maximum absolute atomic E-state index is 11.3. The van der Waals surface area contributed by atoms with Gasteiger partial charge in [-0.2, -0.15) is 0 Å². The molecule has 0 amide bonds. The van der Waals surface area contributed by atoms with Gasteiger partial charge in [0.05, 0.1) is 10.3 Å². The number of nitrogens with one attached hydrogen (secondary N) is 1. The van der Waals surface area contributed by atoms with Crippen LogP contribution in [0.3, 0.4) is 0 Å². The maximum atomic E-state index is 11.3. The van der Waals surface area contributed by atoms with Crippen molar-refractivity contribution >= 4 is 11.7 Å². The van der Waals surface area contributed by atoms with Crippen LogP contribution in [0.5, 0.6) is 0 Å². The van der Waals surface area contributed by atoms with Crippen LogP contribution in [0, 0.1) is 15.5 Å². The molecule has 0 aliphatic rings. The Hall–Kier alpha value is -1.95. The van der Waals surface area contributed by atoms with E-state index >= 15 is 0 Å². The van der Waals surface area contributed by atoms with Gasteiger partial charge in [-0.25, -0.2) is 0 Å². The third kappa shape index (κ3) is 3.33. The number of nitro groups is 1. The number of hydrogen-bond acceptors (Lipinski definition) is 4. The normalized spacial score (nSPS) is 12.2. The molecule has 1 aromatic rings. The van der Waals surface area contributed by atoms with E-state index in [0.29, 0.717) is 6.54 Å². The van der Waals surface area contributed by atoms with Crippen LogP contribution in [0.15, 0.2) is 24.3 Å². The summed E-state index contributed by atoms with van der Waals surface area (Å²) in [6.45, 7) is 7.43. The summed E-state index contributed by atoms with van der Waals surface area (Å²) in [6.07, 6.45) is 0. The Labute approximate surface area is 118 Å². The Balaban J connectivity index is 2.76. The van der Waals surface area contributed by atoms with E-state index in [2.05, 4.69) is 5.32 Å². The zero-order valence-corrected chi connectivity index (χ0v) is 12.1. The Morgan fingerprint density at radius 3 is 2.15 bits per heavy atom. The first-order valence-electron chi connectivity index (χ1n) is 6.29. The largest absolute Gasteiger partial charge is 0.481 e. The molecule has 110 valence electrons. The van der Waals surface area contributed by atoms with E-state index in [0.717, 1.165) is 5.56 Å². The summed E-state index contributed by atoms with van der Waals surface area (Å²) in [5.41, 5.74) is -0.655. The van der Waals surface area contributed by atoms with Crippen LogP contribution in [0.1, 0.15) is 33.3 Å². The van der Waals surface area contributed by atoms with Gasteiger partial charge in [-0.3, -0.25) is 14.9 Å². The van der Waals surface area contributed by atoms with Crippen molar-refractivity contribution in [2.75, 3.05) is 0 Å². The summed E-state index contributed by atoms with van der Waals surface area (Å²) in [5, 5.41) is 23.0. The number of carboxylic acids is 1. The summed E-state index contributed by atoms with van der Waals surface area (Å²) in [6, 6.07) is 6.20. The zero-order chi connectivity index (χ0) is 15.6. The minimum Gasteiger partial charge on any atom is -0.481 e. The molecule has 0 unspecified atom stereocenters. The molecule has 0 aliphatic heterocycles. The highest BCUT2D eigenvalue weighted by molar-refractivity contribution is 5.75. The van der Waals surface area contributed by atoms with Crippen LogP contribution < -0.4 is 5.32 Å². The van der Waals surface area contributed by atoms with Gasteiger partial charge < -0.3 is 10.4 Å². The maximum Gasteiger partial charge on any atom is 0.310 e. The van der Waals surface area contributed by atoms with E-state index in [9.17, 15) is 20.0 Å². The Kier molecular flexibility index (Phi) is 4.50. The Bertz CT molecular complexity index is 506. The van der Waals surface area contributed by atoms with Crippen molar-refractivity contribution in [3.63, 3.8) is 0 Å². The van der Waals surface area contributed by atoms with E-state index < -0.39 is 21.8 Å². The molecule has 6 nitrogen and oxygen atoms in total. The molecule has 0 bridgehead atoms. The smallest absolute Gasteiger partial charge is 0.310 e. The second-order valence-electron chi connectivity index (χ2n) is 5.83. The molecule has 0 aliphatic carbocycles. The summed E-state index contributed by atoms with van der Waals surface area (Å²) >= 11 is 0. The van der Waals surface area contributed by atoms with E-state index in [1.807, 2.05) is 13.8 Å². The third-order valence-electron chi connectivity index (χ3n) is 3.98. The van der Waals surface area contributed by atoms with Gasteiger partial charge in [-0.15, -0.1) is 0 Å². The molecule has 1 rings (SSSR count). The number of hydrogen-bond donors (Lipinski definition) is 2. The van der Waals surface area contributed by atoms with Crippen molar-refractivity contribution in [2.24, 2.45) is 5.41 Å². The van der Waals surface area contributed by atoms with Crippen molar-refractivity contribution < 1.29 is 14.8 Å². The highest BCUT2D eigenvalue weighted by Crippen LogP contribution is 2.31. The van der Waals surface area contributed by atoms with Gasteiger partial charge in [0.25, 0.3) is 5.69 Å². The van der Waals surface area contributed by atoms with E-state index in [1.165, 1.54) is 12.1 Å². The lowest BCUT2D eigenvalue weighted by Crippen LogP contribution is -2.54. The molecule has 20 heavy (non-hydrogen) atoms. The van der Waals surface area contributed by atoms with Gasteiger partial charge in [0.15, 0.2) is 0 Å². The molecule has 0 heterocycles. The van der Waals surface area contributed by atoms with Crippen molar-refractivity contribution in [2.45, 2.75) is 39.8 Å². The van der Waals surface area contributed by atoms with Crippen LogP contribution in [0.2, 0.25) is 0 Å². The quantitative estimate of drug-likeness (QED) is 0.617. The van der Waals surface area contributed by atoms with Gasteiger partial charge >= 0.3 is 5.97 Å². The lowest BCUT2D eigenvalue weighted by Gasteiger charge is -2.39. The summed E-state index contributed by atoms with van der Waals surface area (Å²) in [7, 11) is 0. The number of rotatable bonds is 6. The molecule has 0 saturated carbocycles. The molecule has 0 aromatic heterocycles. The zero-order valence-electron chi connectivity index (χ0n) is 12.1. The van der Waals surface area contributed by atoms with Crippen LogP contribution in [0.25, 0.3) is 0 Å². The standard InChI is InChI=1S/C14H20N2O4/c1-13(2,12(17)18)14(3,4)15-9-10-5-7-11(8-6-10)16(19)20/h5-8,15H,9H2,1-4H3,(H,17,18). The number of aliphatic carboxylic acids is 1. The van der Waals surface area contributed by atoms with Crippen LogP contribution in [-0.4, -0.2) is 21.5 Å². The predicted octanol–water partition coefficient (Wildman–Crippen LogP) is 2.57. The predicted molar refractivity (Wildman–Crippen MR) is 75.4 cm³/mol. The lowest BCUT2D eigenvalue weighted by molar-refractivity contribution is -0.384. The number of benzene rings is 1. The molecule has 0 spiro atoms. The molecule has 0 fully saturated rings. The topological polar surface area (TPSA) is 92.5 Å². The SMILES string of the molecule is CC(C)(NCc1ccc([N+](=O)[O-])cc1)C(C)(C)C(=O)O. The van der Waals surface area contributed by atoms with E-state index in [-0.39, 0.29) is 5.69 Å². The average Bonchev–Trinajstić information content (AvgIpc) is 2.36. The first kappa shape index (κ1) is 16.1. The molecular formula is C14H20N2O4. The Morgan fingerprint density at radius 2 is 1.75 bits per heavy atom. The monoisotopic (exact) mass is 280 g/mol. The minimum atomic E-state index is -0.937. The van der Waals surface area contributed by atoms with E-state index in [4.69, 9.17) is 0 Å². The molecule has 6 heteroatoms. The summed E-state index contributed by atoms with van der Waals surface area (Å²) in [4.78, 5) is 21.4. The average molecular weight is 280 g/mol. The highest BCUT2D eigenvalue weighted by Gasteiger charge is 2.42. The highest BCUT2D eigenvalue weighted by atomic mass is 16.6. The van der Waals surface area contributed by atoms with Gasteiger partial charge in [-0.05, 0) is 33.3 Å². The van der Waals surface area contributed by atoms with Crippen molar-refractivity contribution in [3.8, 4) is 0 Å². The summed E-state index contributed by atoms with van der Waals surface area (Å²) < 4.78 is 0. The van der Waals surface area contributed by atoms with Crippen LogP contribution >= 0.6 is 0 Å². The number of carboxylic acid groups (broad SMARTS) is 1. The third-order valence-corrected chi connectivity index (χ3v) is 3.98. The number of nitrogens with zero attached hydrogens (tertiary/aromatic N) is 1. The number of carbonyl (C=O) groups is 1. The molecule has 0 radical (unpaired) electrons. The second-order valence-corrected chi connectivity index (χ2v) is 5.83. The molecule has 0 atom stereocenters. The van der Waals surface area contributed by atoms with Crippen molar-refractivity contribution in [1.29, 1.82) is 0 Å². The van der Waals surface area contributed by atoms with Crippen LogP contribution in [0.4, 0.5) is 5.69 Å². The van der Waals surface area contributed by atoms with Gasteiger partial charge in [0.2, 0.25) is 0 Å².